The smallest absolute Gasteiger partial charge is 0.418 e. The maximum absolute atomic E-state index is 12.6. The largest absolute Gasteiger partial charge is 0.467 e. The summed E-state index contributed by atoms with van der Waals surface area (Å²) in [6.07, 6.45) is -4.46. The molecule has 0 aromatic heterocycles. The summed E-state index contributed by atoms with van der Waals surface area (Å²) < 4.78 is 42.3. The van der Waals surface area contributed by atoms with E-state index in [1.54, 1.807) is 0 Å². The fourth-order valence-electron chi connectivity index (χ4n) is 1.33. The van der Waals surface area contributed by atoms with Crippen molar-refractivity contribution >= 4 is 11.7 Å². The van der Waals surface area contributed by atoms with E-state index in [0.717, 1.165) is 6.07 Å². The molecule has 1 atom stereocenters. The molecule has 0 aliphatic carbocycles. The van der Waals surface area contributed by atoms with Gasteiger partial charge < -0.3 is 10.1 Å². The fourth-order valence-corrected chi connectivity index (χ4v) is 1.33. The van der Waals surface area contributed by atoms with Crippen molar-refractivity contribution in [2.75, 3.05) is 12.4 Å². The molecule has 1 rings (SSSR count). The van der Waals surface area contributed by atoms with E-state index in [1.165, 1.54) is 32.2 Å². The Kier molecular flexibility index (Phi) is 3.98. The Labute approximate surface area is 96.6 Å². The zero-order valence-corrected chi connectivity index (χ0v) is 9.34. The molecule has 1 aromatic carbocycles. The Bertz CT molecular complexity index is 404. The van der Waals surface area contributed by atoms with Gasteiger partial charge in [0.25, 0.3) is 0 Å². The van der Waals surface area contributed by atoms with E-state index >= 15 is 0 Å². The predicted molar refractivity (Wildman–Crippen MR) is 56.5 cm³/mol. The number of carbonyl (C=O) groups is 1. The van der Waals surface area contributed by atoms with Crippen LogP contribution in [-0.4, -0.2) is 19.1 Å². The highest BCUT2D eigenvalue weighted by molar-refractivity contribution is 5.79. The first kappa shape index (κ1) is 13.3. The molecule has 0 saturated carbocycles. The third kappa shape index (κ3) is 3.37. The van der Waals surface area contributed by atoms with E-state index in [-0.39, 0.29) is 5.69 Å². The average molecular weight is 247 g/mol. The minimum atomic E-state index is -4.46. The highest BCUT2D eigenvalue weighted by atomic mass is 19.4. The summed E-state index contributed by atoms with van der Waals surface area (Å²) in [5.74, 6) is -0.623. The van der Waals surface area contributed by atoms with E-state index in [9.17, 15) is 18.0 Å². The number of carbonyl (C=O) groups excluding carboxylic acids is 1. The first-order chi connectivity index (χ1) is 7.86. The number of esters is 1. The first-order valence-electron chi connectivity index (χ1n) is 4.87. The van der Waals surface area contributed by atoms with E-state index in [0.29, 0.717) is 0 Å². The molecular formula is C11H12F3NO2. The highest BCUT2D eigenvalue weighted by Crippen LogP contribution is 2.34. The molecule has 0 radical (unpaired) electrons. The van der Waals surface area contributed by atoms with Crippen LogP contribution in [0.1, 0.15) is 12.5 Å². The van der Waals surface area contributed by atoms with Crippen LogP contribution in [0, 0.1) is 0 Å². The van der Waals surface area contributed by atoms with Gasteiger partial charge in [0, 0.05) is 5.69 Å². The van der Waals surface area contributed by atoms with Gasteiger partial charge in [0.05, 0.1) is 12.7 Å². The Morgan fingerprint density at radius 2 is 1.94 bits per heavy atom. The summed E-state index contributed by atoms with van der Waals surface area (Å²) in [6, 6.07) is 4.12. The monoisotopic (exact) mass is 247 g/mol. The van der Waals surface area contributed by atoms with Crippen LogP contribution in [0.4, 0.5) is 18.9 Å². The summed E-state index contributed by atoms with van der Waals surface area (Å²) in [6.45, 7) is 1.43. The SMILES string of the molecule is COC(=O)[C@@H](C)Nc1ccccc1C(F)(F)F. The molecular weight excluding hydrogens is 235 g/mol. The number of hydrogen-bond donors (Lipinski definition) is 1. The van der Waals surface area contributed by atoms with Crippen LogP contribution in [0.2, 0.25) is 0 Å². The molecule has 1 aromatic rings. The number of alkyl halides is 3. The maximum Gasteiger partial charge on any atom is 0.418 e. The van der Waals surface area contributed by atoms with Crippen LogP contribution in [-0.2, 0) is 15.7 Å². The normalized spacial score (nSPS) is 13.0. The fraction of sp³-hybridized carbons (Fsp3) is 0.364. The minimum Gasteiger partial charge on any atom is -0.467 e. The molecule has 1 N–H and O–H groups in total. The summed E-state index contributed by atoms with van der Waals surface area (Å²) in [4.78, 5) is 11.1. The summed E-state index contributed by atoms with van der Waals surface area (Å²) in [5.41, 5.74) is -0.950. The number of methoxy groups -OCH3 is 1. The van der Waals surface area contributed by atoms with Gasteiger partial charge in [-0.15, -0.1) is 0 Å². The molecule has 0 fully saturated rings. The van der Waals surface area contributed by atoms with Gasteiger partial charge in [-0.1, -0.05) is 12.1 Å². The topological polar surface area (TPSA) is 38.3 Å². The van der Waals surface area contributed by atoms with Crippen LogP contribution in [0.3, 0.4) is 0 Å². The van der Waals surface area contributed by atoms with Gasteiger partial charge in [0.2, 0.25) is 0 Å². The number of para-hydroxylation sites is 1. The predicted octanol–water partition coefficient (Wildman–Crippen LogP) is 2.68. The standard InChI is InChI=1S/C11H12F3NO2/c1-7(10(16)17-2)15-9-6-4-3-5-8(9)11(12,13)14/h3-7,15H,1-2H3/t7-/m1/s1. The molecule has 0 unspecified atom stereocenters. The molecule has 0 aliphatic heterocycles. The lowest BCUT2D eigenvalue weighted by atomic mass is 10.1. The number of nitrogens with one attached hydrogen (secondary N) is 1. The Morgan fingerprint density at radius 3 is 2.47 bits per heavy atom. The van der Waals surface area contributed by atoms with E-state index in [2.05, 4.69) is 10.1 Å². The van der Waals surface area contributed by atoms with Crippen molar-refractivity contribution in [3.05, 3.63) is 29.8 Å². The van der Waals surface area contributed by atoms with Crippen molar-refractivity contribution in [1.82, 2.24) is 0 Å². The maximum atomic E-state index is 12.6. The summed E-state index contributed by atoms with van der Waals surface area (Å²) in [7, 11) is 1.18. The first-order valence-corrected chi connectivity index (χ1v) is 4.87. The molecule has 0 aliphatic rings. The second-order valence-corrected chi connectivity index (χ2v) is 3.43. The molecule has 3 nitrogen and oxygen atoms in total. The Balaban J connectivity index is 2.95. The summed E-state index contributed by atoms with van der Waals surface area (Å²) in [5, 5.41) is 2.47. The van der Waals surface area contributed by atoms with Crippen LogP contribution >= 0.6 is 0 Å². The zero-order valence-electron chi connectivity index (χ0n) is 9.34. The molecule has 0 saturated heterocycles. The molecule has 0 spiro atoms. The molecule has 0 bridgehead atoms. The van der Waals surface area contributed by atoms with Crippen molar-refractivity contribution in [3.8, 4) is 0 Å². The molecule has 6 heteroatoms. The molecule has 0 heterocycles. The van der Waals surface area contributed by atoms with Gasteiger partial charge >= 0.3 is 12.1 Å². The van der Waals surface area contributed by atoms with E-state index < -0.39 is 23.8 Å². The molecule has 94 valence electrons. The zero-order chi connectivity index (χ0) is 13.1. The molecule has 0 amide bonds. The second kappa shape index (κ2) is 5.07. The van der Waals surface area contributed by atoms with Gasteiger partial charge in [0.15, 0.2) is 0 Å². The van der Waals surface area contributed by atoms with Crippen LogP contribution < -0.4 is 5.32 Å². The van der Waals surface area contributed by atoms with Gasteiger partial charge in [-0.2, -0.15) is 13.2 Å². The van der Waals surface area contributed by atoms with Crippen molar-refractivity contribution in [2.24, 2.45) is 0 Å². The van der Waals surface area contributed by atoms with Crippen molar-refractivity contribution < 1.29 is 22.7 Å². The van der Waals surface area contributed by atoms with Gasteiger partial charge in [-0.25, -0.2) is 4.79 Å². The Hall–Kier alpha value is -1.72. The van der Waals surface area contributed by atoms with Crippen LogP contribution in [0.15, 0.2) is 24.3 Å². The lowest BCUT2D eigenvalue weighted by Gasteiger charge is -2.17. The van der Waals surface area contributed by atoms with Gasteiger partial charge in [-0.3, -0.25) is 0 Å². The number of hydrogen-bond acceptors (Lipinski definition) is 3. The highest BCUT2D eigenvalue weighted by Gasteiger charge is 2.33. The number of ether oxygens (including phenoxy) is 1. The lowest BCUT2D eigenvalue weighted by Crippen LogP contribution is -2.28. The van der Waals surface area contributed by atoms with Gasteiger partial charge in [-0.05, 0) is 19.1 Å². The Morgan fingerprint density at radius 1 is 1.35 bits per heavy atom. The van der Waals surface area contributed by atoms with Crippen molar-refractivity contribution in [1.29, 1.82) is 0 Å². The number of halogens is 3. The molecule has 17 heavy (non-hydrogen) atoms. The van der Waals surface area contributed by atoms with Crippen molar-refractivity contribution in [2.45, 2.75) is 19.1 Å². The van der Waals surface area contributed by atoms with Gasteiger partial charge in [0.1, 0.15) is 6.04 Å². The van der Waals surface area contributed by atoms with E-state index in [1.807, 2.05) is 0 Å². The summed E-state index contributed by atoms with van der Waals surface area (Å²) >= 11 is 0. The number of anilines is 1. The third-order valence-corrected chi connectivity index (χ3v) is 2.16. The van der Waals surface area contributed by atoms with Crippen molar-refractivity contribution in [3.63, 3.8) is 0 Å². The third-order valence-electron chi connectivity index (χ3n) is 2.16. The minimum absolute atomic E-state index is 0.141. The van der Waals surface area contributed by atoms with Crippen LogP contribution in [0.25, 0.3) is 0 Å². The second-order valence-electron chi connectivity index (χ2n) is 3.43. The lowest BCUT2D eigenvalue weighted by molar-refractivity contribution is -0.141. The average Bonchev–Trinajstić information content (AvgIpc) is 2.27. The number of benzene rings is 1. The number of rotatable bonds is 3. The van der Waals surface area contributed by atoms with E-state index in [4.69, 9.17) is 0 Å². The van der Waals surface area contributed by atoms with Crippen LogP contribution in [0.5, 0.6) is 0 Å². The quantitative estimate of drug-likeness (QED) is 0.834.